The summed E-state index contributed by atoms with van der Waals surface area (Å²) >= 11 is 1.43. The van der Waals surface area contributed by atoms with Gasteiger partial charge in [0.25, 0.3) is 0 Å². The molecule has 0 saturated carbocycles. The normalized spacial score (nSPS) is 18.9. The molecule has 6 nitrogen and oxygen atoms in total. The highest BCUT2D eigenvalue weighted by Crippen LogP contribution is 2.39. The molecule has 2 aromatic rings. The molecule has 8 heteroatoms. The summed E-state index contributed by atoms with van der Waals surface area (Å²) in [6.45, 7) is 3.01. The third-order valence-corrected chi connectivity index (χ3v) is 7.22. The Hall–Kier alpha value is -1.61. The van der Waals surface area contributed by atoms with Crippen molar-refractivity contribution in [3.63, 3.8) is 0 Å². The van der Waals surface area contributed by atoms with Gasteiger partial charge >= 0.3 is 0 Å². The lowest BCUT2D eigenvalue weighted by molar-refractivity contribution is -0.0926. The fraction of sp³-hybridized carbons (Fsp3) is 0.412. The molecule has 0 amide bonds. The van der Waals surface area contributed by atoms with Crippen LogP contribution in [-0.2, 0) is 25.9 Å². The van der Waals surface area contributed by atoms with E-state index in [0.29, 0.717) is 28.2 Å². The van der Waals surface area contributed by atoms with Crippen molar-refractivity contribution < 1.29 is 18.9 Å². The van der Waals surface area contributed by atoms with Crippen LogP contribution >= 0.6 is 11.3 Å². The first-order valence-corrected chi connectivity index (χ1v) is 9.86. The van der Waals surface area contributed by atoms with Gasteiger partial charge in [-0.25, -0.2) is 9.19 Å². The first-order chi connectivity index (χ1) is 12.1. The van der Waals surface area contributed by atoms with E-state index in [9.17, 15) is 4.21 Å². The summed E-state index contributed by atoms with van der Waals surface area (Å²) in [5.74, 6) is 0. The van der Waals surface area contributed by atoms with Crippen LogP contribution < -0.4 is 0 Å². The summed E-state index contributed by atoms with van der Waals surface area (Å²) in [6, 6.07) is 7.10. The molecule has 1 aliphatic heterocycles. The van der Waals surface area contributed by atoms with Crippen molar-refractivity contribution in [3.8, 4) is 0 Å². The molecule has 1 N–H and O–H groups in total. The van der Waals surface area contributed by atoms with Gasteiger partial charge in [-0.3, -0.25) is 0 Å². The highest BCUT2D eigenvalue weighted by Gasteiger charge is 2.36. The number of rotatable bonds is 5. The van der Waals surface area contributed by atoms with E-state index >= 15 is 0 Å². The molecule has 25 heavy (non-hydrogen) atoms. The van der Waals surface area contributed by atoms with E-state index in [-0.39, 0.29) is 0 Å². The number of benzene rings is 1. The van der Waals surface area contributed by atoms with E-state index in [1.807, 2.05) is 0 Å². The van der Waals surface area contributed by atoms with Crippen molar-refractivity contribution in [2.24, 2.45) is 5.16 Å². The number of hydrogen-bond donors (Lipinski definition) is 1. The van der Waals surface area contributed by atoms with Gasteiger partial charge in [0.2, 0.25) is 0 Å². The molecule has 1 saturated heterocycles. The Morgan fingerprint density at radius 1 is 1.36 bits per heavy atom. The summed E-state index contributed by atoms with van der Waals surface area (Å²) in [6.07, 6.45) is 3.31. The molecule has 3 rings (SSSR count). The molecule has 1 aromatic carbocycles. The first kappa shape index (κ1) is 18.2. The fourth-order valence-electron chi connectivity index (χ4n) is 2.78. The van der Waals surface area contributed by atoms with E-state index in [1.54, 1.807) is 44.5 Å². The summed E-state index contributed by atoms with van der Waals surface area (Å²) in [5.41, 5.74) is 0.899. The van der Waals surface area contributed by atoms with Crippen molar-refractivity contribution in [2.75, 3.05) is 20.3 Å². The predicted molar refractivity (Wildman–Crippen MR) is 96.0 cm³/mol. The van der Waals surface area contributed by atoms with Crippen molar-refractivity contribution in [1.82, 2.24) is 4.98 Å². The van der Waals surface area contributed by atoms with Crippen molar-refractivity contribution >= 4 is 27.8 Å². The van der Waals surface area contributed by atoms with Gasteiger partial charge in [0, 0.05) is 44.3 Å². The monoisotopic (exact) mass is 380 g/mol. The van der Waals surface area contributed by atoms with Crippen LogP contribution in [0.5, 0.6) is 0 Å². The molecular formula is C17H20N2O4S2. The molecule has 2 heterocycles. The van der Waals surface area contributed by atoms with Crippen LogP contribution in [0, 0.1) is 0 Å². The quantitative estimate of drug-likeness (QED) is 0.490. The summed E-state index contributed by atoms with van der Waals surface area (Å²) in [4.78, 5) is 6.02. The second kappa shape index (κ2) is 7.74. The zero-order valence-corrected chi connectivity index (χ0v) is 15.7. The third-order valence-electron chi connectivity index (χ3n) is 4.42. The van der Waals surface area contributed by atoms with Crippen LogP contribution in [0.3, 0.4) is 0 Å². The molecule has 134 valence electrons. The topological polar surface area (TPSA) is 81.0 Å². The lowest BCUT2D eigenvalue weighted by Crippen LogP contribution is -2.34. The van der Waals surface area contributed by atoms with Gasteiger partial charge in [-0.15, -0.1) is 11.3 Å². The molecule has 1 unspecified atom stereocenters. The Bertz CT molecular complexity index is 780. The fourth-order valence-corrected chi connectivity index (χ4v) is 5.25. The Kier molecular flexibility index (Phi) is 5.63. The molecule has 0 spiro atoms. The summed E-state index contributed by atoms with van der Waals surface area (Å²) in [7, 11) is 0.344. The number of nitrogens with zero attached hydrogens (tertiary/aromatic N) is 2. The minimum atomic E-state index is -1.36. The zero-order valence-electron chi connectivity index (χ0n) is 14.1. The summed E-state index contributed by atoms with van der Waals surface area (Å²) in [5, 5.41) is 12.0. The minimum Gasteiger partial charge on any atom is -0.411 e. The van der Waals surface area contributed by atoms with Gasteiger partial charge in [-0.05, 0) is 24.6 Å². The zero-order chi connectivity index (χ0) is 17.9. The number of oxime groups is 1. The molecule has 1 aliphatic rings. The van der Waals surface area contributed by atoms with Gasteiger partial charge < -0.3 is 14.7 Å². The van der Waals surface area contributed by atoms with Crippen LogP contribution in [0.25, 0.3) is 0 Å². The van der Waals surface area contributed by atoms with Crippen LogP contribution in [0.1, 0.15) is 30.2 Å². The Morgan fingerprint density at radius 3 is 2.64 bits per heavy atom. The number of ether oxygens (including phenoxy) is 2. The van der Waals surface area contributed by atoms with Gasteiger partial charge in [0.15, 0.2) is 4.34 Å². The van der Waals surface area contributed by atoms with Crippen molar-refractivity contribution in [2.45, 2.75) is 34.6 Å². The van der Waals surface area contributed by atoms with Gasteiger partial charge in [-0.2, -0.15) is 0 Å². The molecule has 1 fully saturated rings. The maximum Gasteiger partial charge on any atom is 0.186 e. The van der Waals surface area contributed by atoms with E-state index < -0.39 is 16.4 Å². The predicted octanol–water partition coefficient (Wildman–Crippen LogP) is 3.16. The lowest BCUT2D eigenvalue weighted by atomic mass is 9.93. The summed E-state index contributed by atoms with van der Waals surface area (Å²) < 4.78 is 24.6. The maximum absolute atomic E-state index is 12.8. The van der Waals surface area contributed by atoms with Gasteiger partial charge in [0.1, 0.15) is 16.4 Å². The highest BCUT2D eigenvalue weighted by atomic mass is 32.2. The number of thiazole rings is 1. The molecule has 0 bridgehead atoms. The average molecular weight is 380 g/mol. The van der Waals surface area contributed by atoms with E-state index in [4.69, 9.17) is 14.7 Å². The first-order valence-electron chi connectivity index (χ1n) is 7.90. The van der Waals surface area contributed by atoms with E-state index in [1.165, 1.54) is 11.3 Å². The molecular weight excluding hydrogens is 360 g/mol. The van der Waals surface area contributed by atoms with E-state index in [2.05, 4.69) is 10.1 Å². The molecule has 0 aliphatic carbocycles. The number of methoxy groups -OCH3 is 1. The van der Waals surface area contributed by atoms with E-state index in [0.717, 1.165) is 23.3 Å². The Balaban J connectivity index is 1.83. The van der Waals surface area contributed by atoms with Crippen LogP contribution in [-0.4, -0.2) is 40.4 Å². The Labute approximate surface area is 153 Å². The maximum atomic E-state index is 12.8. The largest absolute Gasteiger partial charge is 0.411 e. The smallest absolute Gasteiger partial charge is 0.186 e. The van der Waals surface area contributed by atoms with Crippen molar-refractivity contribution in [3.05, 3.63) is 40.9 Å². The standard InChI is InChI=1S/C17H20N2O4S2/c1-12(19-20)13-3-5-14(6-4-13)25(21)16-18-11-15(24-16)17(22-2)7-9-23-10-8-17/h3-6,11,20H,7-10H2,1-2H3/b19-12+. The number of hydrogen-bond acceptors (Lipinski definition) is 7. The third kappa shape index (κ3) is 3.67. The molecule has 1 atom stereocenters. The van der Waals surface area contributed by atoms with Crippen LogP contribution in [0.4, 0.5) is 0 Å². The minimum absolute atomic E-state index is 0.392. The van der Waals surface area contributed by atoms with Crippen molar-refractivity contribution in [1.29, 1.82) is 0 Å². The second-order valence-electron chi connectivity index (χ2n) is 5.78. The molecule has 1 aromatic heterocycles. The van der Waals surface area contributed by atoms with Crippen LogP contribution in [0.2, 0.25) is 0 Å². The highest BCUT2D eigenvalue weighted by molar-refractivity contribution is 7.87. The second-order valence-corrected chi connectivity index (χ2v) is 8.46. The van der Waals surface area contributed by atoms with Gasteiger partial charge in [0.05, 0.1) is 10.6 Å². The number of aromatic nitrogens is 1. The SMILES string of the molecule is COC1(c2cnc(S(=O)c3ccc(/C(C)=N/O)cc3)s2)CCOCC1. The van der Waals surface area contributed by atoms with Crippen LogP contribution in [0.15, 0.2) is 44.9 Å². The average Bonchev–Trinajstić information content (AvgIpc) is 3.18. The Morgan fingerprint density at radius 2 is 2.04 bits per heavy atom. The van der Waals surface area contributed by atoms with Gasteiger partial charge in [-0.1, -0.05) is 17.3 Å². The lowest BCUT2D eigenvalue weighted by Gasteiger charge is -2.34. The molecule has 0 radical (unpaired) electrons.